The molecule has 1 N–H and O–H groups in total. The van der Waals surface area contributed by atoms with Crippen LogP contribution < -0.4 is 10.1 Å². The van der Waals surface area contributed by atoms with Gasteiger partial charge < -0.3 is 10.1 Å². The summed E-state index contributed by atoms with van der Waals surface area (Å²) in [4.78, 5) is 12.8. The van der Waals surface area contributed by atoms with Crippen LogP contribution in [-0.2, 0) is 6.61 Å². The fourth-order valence-corrected chi connectivity index (χ4v) is 2.82. The fourth-order valence-electron chi connectivity index (χ4n) is 2.70. The Morgan fingerprint density at radius 2 is 1.76 bits per heavy atom. The molecule has 1 aromatic heterocycles. The minimum Gasteiger partial charge on any atom is -0.488 e. The van der Waals surface area contributed by atoms with Crippen molar-refractivity contribution in [2.45, 2.75) is 6.61 Å². The summed E-state index contributed by atoms with van der Waals surface area (Å²) in [5.74, 6) is 0.247. The molecule has 0 aliphatic rings. The van der Waals surface area contributed by atoms with Gasteiger partial charge in [0.1, 0.15) is 18.7 Å². The summed E-state index contributed by atoms with van der Waals surface area (Å²) in [6.07, 6.45) is 1.50. The zero-order valence-corrected chi connectivity index (χ0v) is 16.0. The lowest BCUT2D eigenvalue weighted by Gasteiger charge is -2.12. The summed E-state index contributed by atoms with van der Waals surface area (Å²) in [5.41, 5.74) is 2.85. The van der Waals surface area contributed by atoms with Gasteiger partial charge >= 0.3 is 0 Å². The normalized spacial score (nSPS) is 10.5. The van der Waals surface area contributed by atoms with Gasteiger partial charge in [0.15, 0.2) is 0 Å². The highest BCUT2D eigenvalue weighted by molar-refractivity contribution is 6.30. The summed E-state index contributed by atoms with van der Waals surface area (Å²) in [7, 11) is 0. The van der Waals surface area contributed by atoms with Crippen LogP contribution in [0, 0.1) is 0 Å². The van der Waals surface area contributed by atoms with Crippen molar-refractivity contribution in [3.63, 3.8) is 0 Å². The van der Waals surface area contributed by atoms with Gasteiger partial charge in [-0.1, -0.05) is 35.9 Å². The first-order valence-electron chi connectivity index (χ1n) is 8.80. The second kappa shape index (κ2) is 8.53. The largest absolute Gasteiger partial charge is 0.488 e. The standard InChI is InChI=1S/C21H16ClN5O2/c22-16-7-5-15(6-8-16)13-29-20-4-2-1-3-19(20)21(28)24-17-9-11-18(12-10-17)27-14-23-25-26-27/h1-12,14H,13H2,(H,24,28). The van der Waals surface area contributed by atoms with Crippen LogP contribution in [0.2, 0.25) is 5.02 Å². The van der Waals surface area contributed by atoms with Crippen molar-refractivity contribution in [1.29, 1.82) is 0 Å². The van der Waals surface area contributed by atoms with E-state index in [1.54, 1.807) is 42.5 Å². The summed E-state index contributed by atoms with van der Waals surface area (Å²) >= 11 is 5.91. The molecule has 0 unspecified atom stereocenters. The Balaban J connectivity index is 1.45. The summed E-state index contributed by atoms with van der Waals surface area (Å²) in [6, 6.07) is 21.7. The number of amides is 1. The van der Waals surface area contributed by atoms with Crippen LogP contribution in [0.3, 0.4) is 0 Å². The number of rotatable bonds is 6. The second-order valence-electron chi connectivity index (χ2n) is 6.17. The second-order valence-corrected chi connectivity index (χ2v) is 6.60. The fraction of sp³-hybridized carbons (Fsp3) is 0.0476. The number of anilines is 1. The zero-order valence-electron chi connectivity index (χ0n) is 15.2. The van der Waals surface area contributed by atoms with Gasteiger partial charge in [-0.15, -0.1) is 5.10 Å². The average Bonchev–Trinajstić information content (AvgIpc) is 3.29. The van der Waals surface area contributed by atoms with Crippen LogP contribution in [0.15, 0.2) is 79.1 Å². The Morgan fingerprint density at radius 3 is 2.48 bits per heavy atom. The number of aromatic nitrogens is 4. The zero-order chi connectivity index (χ0) is 20.1. The maximum absolute atomic E-state index is 12.8. The molecular formula is C21H16ClN5O2. The van der Waals surface area contributed by atoms with Crippen LogP contribution in [0.4, 0.5) is 5.69 Å². The van der Waals surface area contributed by atoms with Crippen LogP contribution in [-0.4, -0.2) is 26.1 Å². The summed E-state index contributed by atoms with van der Waals surface area (Å²) < 4.78 is 7.39. The Kier molecular flexibility index (Phi) is 5.49. The molecule has 0 radical (unpaired) electrons. The van der Waals surface area contributed by atoms with Crippen molar-refractivity contribution >= 4 is 23.2 Å². The van der Waals surface area contributed by atoms with E-state index in [9.17, 15) is 4.79 Å². The molecule has 3 aromatic carbocycles. The quantitative estimate of drug-likeness (QED) is 0.521. The van der Waals surface area contributed by atoms with Crippen molar-refractivity contribution in [3.05, 3.63) is 95.3 Å². The number of carbonyl (C=O) groups excluding carboxylic acids is 1. The SMILES string of the molecule is O=C(Nc1ccc(-n2cnnn2)cc1)c1ccccc1OCc1ccc(Cl)cc1. The van der Waals surface area contributed by atoms with Crippen molar-refractivity contribution < 1.29 is 9.53 Å². The minimum absolute atomic E-state index is 0.258. The minimum atomic E-state index is -0.258. The lowest BCUT2D eigenvalue weighted by Crippen LogP contribution is -2.13. The lowest BCUT2D eigenvalue weighted by molar-refractivity contribution is 0.102. The Bertz CT molecular complexity index is 1100. The number of benzene rings is 3. The first-order chi connectivity index (χ1) is 14.2. The number of para-hydroxylation sites is 1. The number of hydrogen-bond donors (Lipinski definition) is 1. The Labute approximate surface area is 171 Å². The van der Waals surface area contributed by atoms with Crippen LogP contribution in [0.5, 0.6) is 5.75 Å². The highest BCUT2D eigenvalue weighted by atomic mass is 35.5. The number of halogens is 1. The lowest BCUT2D eigenvalue weighted by atomic mass is 10.1. The van der Waals surface area contributed by atoms with Crippen molar-refractivity contribution in [3.8, 4) is 11.4 Å². The van der Waals surface area contributed by atoms with Gasteiger partial charge in [-0.05, 0) is 64.5 Å². The van der Waals surface area contributed by atoms with Gasteiger partial charge in [-0.3, -0.25) is 4.79 Å². The number of nitrogens with one attached hydrogen (secondary N) is 1. The molecule has 7 nitrogen and oxygen atoms in total. The van der Waals surface area contributed by atoms with E-state index in [0.29, 0.717) is 28.6 Å². The highest BCUT2D eigenvalue weighted by Gasteiger charge is 2.13. The molecule has 0 atom stereocenters. The third-order valence-corrected chi connectivity index (χ3v) is 4.43. The van der Waals surface area contributed by atoms with E-state index in [2.05, 4.69) is 20.8 Å². The number of carbonyl (C=O) groups is 1. The van der Waals surface area contributed by atoms with E-state index in [-0.39, 0.29) is 5.91 Å². The van der Waals surface area contributed by atoms with Crippen molar-refractivity contribution in [2.75, 3.05) is 5.32 Å². The summed E-state index contributed by atoms with van der Waals surface area (Å²) in [6.45, 7) is 0.335. The monoisotopic (exact) mass is 405 g/mol. The molecule has 0 spiro atoms. The smallest absolute Gasteiger partial charge is 0.259 e. The average molecular weight is 406 g/mol. The van der Waals surface area contributed by atoms with Gasteiger partial charge in [0.2, 0.25) is 0 Å². The predicted molar refractivity (Wildman–Crippen MR) is 109 cm³/mol. The third-order valence-electron chi connectivity index (χ3n) is 4.18. The maximum Gasteiger partial charge on any atom is 0.259 e. The van der Waals surface area contributed by atoms with E-state index >= 15 is 0 Å². The molecule has 0 saturated heterocycles. The summed E-state index contributed by atoms with van der Waals surface area (Å²) in [5, 5.41) is 14.6. The van der Waals surface area contributed by atoms with Crippen LogP contribution in [0.1, 0.15) is 15.9 Å². The maximum atomic E-state index is 12.8. The van der Waals surface area contributed by atoms with Gasteiger partial charge in [-0.2, -0.15) is 0 Å². The first-order valence-corrected chi connectivity index (χ1v) is 9.18. The molecule has 144 valence electrons. The van der Waals surface area contributed by atoms with E-state index in [4.69, 9.17) is 16.3 Å². The number of hydrogen-bond acceptors (Lipinski definition) is 5. The number of ether oxygens (including phenoxy) is 1. The topological polar surface area (TPSA) is 81.9 Å². The van der Waals surface area contributed by atoms with E-state index in [1.807, 2.05) is 30.3 Å². The van der Waals surface area contributed by atoms with Crippen molar-refractivity contribution in [1.82, 2.24) is 20.2 Å². The Hall–Kier alpha value is -3.71. The molecule has 0 bridgehead atoms. The highest BCUT2D eigenvalue weighted by Crippen LogP contribution is 2.22. The molecule has 4 rings (SSSR count). The molecule has 4 aromatic rings. The third kappa shape index (κ3) is 4.59. The van der Waals surface area contributed by atoms with Crippen LogP contribution in [0.25, 0.3) is 5.69 Å². The molecule has 0 aliphatic heterocycles. The first kappa shape index (κ1) is 18.6. The molecule has 0 fully saturated rings. The molecule has 0 saturated carbocycles. The van der Waals surface area contributed by atoms with Gasteiger partial charge in [0.05, 0.1) is 11.3 Å². The molecule has 29 heavy (non-hydrogen) atoms. The van der Waals surface area contributed by atoms with E-state index in [0.717, 1.165) is 11.3 Å². The number of tetrazole rings is 1. The van der Waals surface area contributed by atoms with Gasteiger partial charge in [-0.25, -0.2) is 4.68 Å². The van der Waals surface area contributed by atoms with Gasteiger partial charge in [0.25, 0.3) is 5.91 Å². The molecule has 0 aliphatic carbocycles. The molecule has 8 heteroatoms. The van der Waals surface area contributed by atoms with Crippen LogP contribution >= 0.6 is 11.6 Å². The predicted octanol–water partition coefficient (Wildman–Crippen LogP) is 4.15. The van der Waals surface area contributed by atoms with E-state index in [1.165, 1.54) is 11.0 Å². The van der Waals surface area contributed by atoms with Crippen molar-refractivity contribution in [2.24, 2.45) is 0 Å². The van der Waals surface area contributed by atoms with Gasteiger partial charge in [0, 0.05) is 10.7 Å². The molecular weight excluding hydrogens is 390 g/mol. The molecule has 1 amide bonds. The molecule has 1 heterocycles. The Morgan fingerprint density at radius 1 is 1.00 bits per heavy atom. The van der Waals surface area contributed by atoms with E-state index < -0.39 is 0 Å². The number of nitrogens with zero attached hydrogens (tertiary/aromatic N) is 4.